The number of carbonyl (C=O) groups excluding carboxylic acids is 2. The second kappa shape index (κ2) is 5.48. The van der Waals surface area contributed by atoms with Gasteiger partial charge in [0.25, 0.3) is 0 Å². The summed E-state index contributed by atoms with van der Waals surface area (Å²) in [6.07, 6.45) is 0.670. The van der Waals surface area contributed by atoms with Crippen LogP contribution in [0.3, 0.4) is 0 Å². The number of ether oxygens (including phenoxy) is 1. The molecule has 0 N–H and O–H groups in total. The Morgan fingerprint density at radius 3 is 2.47 bits per heavy atom. The molecule has 0 heterocycles. The van der Waals surface area contributed by atoms with E-state index in [1.54, 1.807) is 36.4 Å². The van der Waals surface area contributed by atoms with Crippen molar-refractivity contribution in [1.29, 1.82) is 0 Å². The van der Waals surface area contributed by atoms with Crippen LogP contribution in [0.1, 0.15) is 31.8 Å². The maximum Gasteiger partial charge on any atom is 0.343 e. The third-order valence-electron chi connectivity index (χ3n) is 2.99. The van der Waals surface area contributed by atoms with E-state index in [1.807, 2.05) is 19.9 Å². The van der Waals surface area contributed by atoms with Gasteiger partial charge in [-0.2, -0.15) is 0 Å². The van der Waals surface area contributed by atoms with Crippen LogP contribution < -0.4 is 4.74 Å². The highest BCUT2D eigenvalue weighted by Crippen LogP contribution is 2.18. The molecule has 0 fully saturated rings. The van der Waals surface area contributed by atoms with Gasteiger partial charge in [-0.3, -0.25) is 4.79 Å². The predicted molar refractivity (Wildman–Crippen MR) is 72.7 cm³/mol. The first-order valence-corrected chi connectivity index (χ1v) is 5.95. The number of rotatable bonds is 3. The van der Waals surface area contributed by atoms with Crippen molar-refractivity contribution >= 4 is 12.3 Å². The van der Waals surface area contributed by atoms with Crippen molar-refractivity contribution in [1.82, 2.24) is 0 Å². The molecule has 0 atom stereocenters. The lowest BCUT2D eigenvalue weighted by atomic mass is 10.1. The smallest absolute Gasteiger partial charge is 0.343 e. The van der Waals surface area contributed by atoms with Gasteiger partial charge < -0.3 is 4.74 Å². The minimum absolute atomic E-state index is 0.278. The summed E-state index contributed by atoms with van der Waals surface area (Å²) in [4.78, 5) is 22.9. The van der Waals surface area contributed by atoms with Gasteiger partial charge in [0, 0.05) is 0 Å². The van der Waals surface area contributed by atoms with Gasteiger partial charge in [-0.05, 0) is 49.2 Å². The second-order valence-corrected chi connectivity index (χ2v) is 4.34. The van der Waals surface area contributed by atoms with Gasteiger partial charge >= 0.3 is 5.97 Å². The Labute approximate surface area is 111 Å². The molecule has 0 amide bonds. The third-order valence-corrected chi connectivity index (χ3v) is 2.99. The summed E-state index contributed by atoms with van der Waals surface area (Å²) in [7, 11) is 0. The zero-order chi connectivity index (χ0) is 13.8. The molecule has 0 aliphatic rings. The topological polar surface area (TPSA) is 43.4 Å². The van der Waals surface area contributed by atoms with Crippen LogP contribution in [0.15, 0.2) is 42.5 Å². The van der Waals surface area contributed by atoms with E-state index in [2.05, 4.69) is 0 Å². The van der Waals surface area contributed by atoms with E-state index in [0.29, 0.717) is 17.4 Å². The predicted octanol–water partition coefficient (Wildman–Crippen LogP) is 3.34. The number of hydrogen-bond acceptors (Lipinski definition) is 3. The first-order chi connectivity index (χ1) is 9.11. The third kappa shape index (κ3) is 2.88. The molecule has 0 saturated heterocycles. The van der Waals surface area contributed by atoms with Gasteiger partial charge in [0.1, 0.15) is 5.75 Å². The van der Waals surface area contributed by atoms with Crippen molar-refractivity contribution in [2.45, 2.75) is 13.8 Å². The number of hydrogen-bond donors (Lipinski definition) is 0. The molecule has 2 rings (SSSR count). The normalized spacial score (nSPS) is 10.0. The Morgan fingerprint density at radius 1 is 1.05 bits per heavy atom. The van der Waals surface area contributed by atoms with E-state index in [9.17, 15) is 9.59 Å². The van der Waals surface area contributed by atoms with Crippen LogP contribution in [0.4, 0.5) is 0 Å². The molecule has 0 radical (unpaired) electrons. The van der Waals surface area contributed by atoms with E-state index < -0.39 is 5.97 Å². The largest absolute Gasteiger partial charge is 0.422 e. The summed E-state index contributed by atoms with van der Waals surface area (Å²) in [6, 6.07) is 12.0. The summed E-state index contributed by atoms with van der Waals surface area (Å²) >= 11 is 0. The van der Waals surface area contributed by atoms with Crippen LogP contribution in [-0.4, -0.2) is 12.3 Å². The van der Waals surface area contributed by atoms with Crippen LogP contribution in [0.5, 0.6) is 5.75 Å². The minimum Gasteiger partial charge on any atom is -0.422 e. The number of aldehydes is 1. The zero-order valence-corrected chi connectivity index (χ0v) is 10.8. The molecule has 2 aromatic carbocycles. The Hall–Kier alpha value is -2.42. The highest BCUT2D eigenvalue weighted by molar-refractivity contribution is 5.92. The lowest BCUT2D eigenvalue weighted by Gasteiger charge is -2.07. The Kier molecular flexibility index (Phi) is 3.76. The van der Waals surface area contributed by atoms with Crippen molar-refractivity contribution < 1.29 is 14.3 Å². The van der Waals surface area contributed by atoms with E-state index in [0.717, 1.165) is 11.1 Å². The van der Waals surface area contributed by atoms with Gasteiger partial charge in [-0.25, -0.2) is 4.79 Å². The molecule has 0 unspecified atom stereocenters. The quantitative estimate of drug-likeness (QED) is 0.479. The summed E-state index contributed by atoms with van der Waals surface area (Å²) in [5.74, 6) is -0.182. The van der Waals surface area contributed by atoms with E-state index >= 15 is 0 Å². The first-order valence-electron chi connectivity index (χ1n) is 5.95. The van der Waals surface area contributed by atoms with Crippen molar-refractivity contribution in [2.24, 2.45) is 0 Å². The van der Waals surface area contributed by atoms with Crippen molar-refractivity contribution in [3.05, 3.63) is 64.7 Å². The molecule has 96 valence electrons. The van der Waals surface area contributed by atoms with Gasteiger partial charge in [0.15, 0.2) is 6.29 Å². The SMILES string of the molecule is Cc1ccc(C(=O)Oc2ccccc2C=O)cc1C. The van der Waals surface area contributed by atoms with E-state index in [1.165, 1.54) is 0 Å². The number of benzene rings is 2. The maximum atomic E-state index is 12.0. The number of aryl methyl sites for hydroxylation is 2. The average Bonchev–Trinajstić information content (AvgIpc) is 2.42. The molecule has 2 aromatic rings. The van der Waals surface area contributed by atoms with E-state index in [4.69, 9.17) is 4.74 Å². The highest BCUT2D eigenvalue weighted by Gasteiger charge is 2.11. The lowest BCUT2D eigenvalue weighted by Crippen LogP contribution is -2.10. The standard InChI is InChI=1S/C16H14O3/c1-11-7-8-13(9-12(11)2)16(18)19-15-6-4-3-5-14(15)10-17/h3-10H,1-2H3. The van der Waals surface area contributed by atoms with Gasteiger partial charge in [-0.15, -0.1) is 0 Å². The minimum atomic E-state index is -0.461. The van der Waals surface area contributed by atoms with Gasteiger partial charge in [-0.1, -0.05) is 18.2 Å². The van der Waals surface area contributed by atoms with Crippen LogP contribution in [0, 0.1) is 13.8 Å². The molecule has 19 heavy (non-hydrogen) atoms. The fraction of sp³-hybridized carbons (Fsp3) is 0.125. The molecule has 0 aliphatic heterocycles. The van der Waals surface area contributed by atoms with E-state index in [-0.39, 0.29) is 5.75 Å². The fourth-order valence-electron chi connectivity index (χ4n) is 1.70. The Balaban J connectivity index is 2.25. The van der Waals surface area contributed by atoms with Crippen LogP contribution in [0.2, 0.25) is 0 Å². The summed E-state index contributed by atoms with van der Waals surface area (Å²) in [6.45, 7) is 3.91. The van der Waals surface area contributed by atoms with Crippen molar-refractivity contribution in [3.8, 4) is 5.75 Å². The monoisotopic (exact) mass is 254 g/mol. The molecular formula is C16H14O3. The molecule has 0 bridgehead atoms. The Morgan fingerprint density at radius 2 is 1.79 bits per heavy atom. The fourth-order valence-corrected chi connectivity index (χ4v) is 1.70. The second-order valence-electron chi connectivity index (χ2n) is 4.34. The van der Waals surface area contributed by atoms with Crippen molar-refractivity contribution in [3.63, 3.8) is 0 Å². The van der Waals surface area contributed by atoms with Crippen molar-refractivity contribution in [2.75, 3.05) is 0 Å². The molecule has 3 heteroatoms. The molecule has 3 nitrogen and oxygen atoms in total. The van der Waals surface area contributed by atoms with Gasteiger partial charge in [0.2, 0.25) is 0 Å². The van der Waals surface area contributed by atoms with Crippen LogP contribution in [-0.2, 0) is 0 Å². The lowest BCUT2D eigenvalue weighted by molar-refractivity contribution is 0.0733. The maximum absolute atomic E-state index is 12.0. The number of carbonyl (C=O) groups is 2. The van der Waals surface area contributed by atoms with Crippen LogP contribution >= 0.6 is 0 Å². The molecule has 0 saturated carbocycles. The van der Waals surface area contributed by atoms with Crippen LogP contribution in [0.25, 0.3) is 0 Å². The number of para-hydroxylation sites is 1. The summed E-state index contributed by atoms with van der Waals surface area (Å²) in [5.41, 5.74) is 2.98. The molecule has 0 aromatic heterocycles. The molecule has 0 aliphatic carbocycles. The highest BCUT2D eigenvalue weighted by atomic mass is 16.5. The first kappa shape index (κ1) is 13.0. The summed E-state index contributed by atoms with van der Waals surface area (Å²) < 4.78 is 5.25. The number of esters is 1. The zero-order valence-electron chi connectivity index (χ0n) is 10.8. The average molecular weight is 254 g/mol. The molecular weight excluding hydrogens is 240 g/mol. The molecule has 0 spiro atoms. The summed E-state index contributed by atoms with van der Waals surface area (Å²) in [5, 5.41) is 0. The van der Waals surface area contributed by atoms with Gasteiger partial charge in [0.05, 0.1) is 11.1 Å². The Bertz CT molecular complexity index is 630.